The molecule has 3 aromatic rings. The number of nitrogens with zero attached hydrogens (tertiary/aromatic N) is 2. The van der Waals surface area contributed by atoms with Crippen LogP contribution in [0.1, 0.15) is 43.4 Å². The molecule has 0 spiro atoms. The van der Waals surface area contributed by atoms with Crippen LogP contribution >= 0.6 is 0 Å². The molecule has 1 heterocycles. The number of non-ortho nitro benzene ring substituents is 1. The number of nitro groups is 1. The highest BCUT2D eigenvalue weighted by Crippen LogP contribution is 2.43. The fraction of sp³-hybridized carbons (Fsp3) is 0.259. The Kier molecular flexibility index (Phi) is 6.20. The number of aryl methyl sites for hydroxylation is 2. The van der Waals surface area contributed by atoms with E-state index in [1.165, 1.54) is 12.1 Å². The van der Waals surface area contributed by atoms with Crippen LogP contribution in [0.25, 0.3) is 0 Å². The predicted molar refractivity (Wildman–Crippen MR) is 126 cm³/mol. The summed E-state index contributed by atoms with van der Waals surface area (Å²) in [6, 6.07) is 20.6. The van der Waals surface area contributed by atoms with Gasteiger partial charge in [0.1, 0.15) is 0 Å². The van der Waals surface area contributed by atoms with Crippen molar-refractivity contribution in [2.45, 2.75) is 19.9 Å². The van der Waals surface area contributed by atoms with Gasteiger partial charge in [0.15, 0.2) is 11.6 Å². The molecular weight excluding hydrogens is 416 g/mol. The highest BCUT2D eigenvalue weighted by molar-refractivity contribution is 6.06. The molecule has 0 bridgehead atoms. The zero-order chi connectivity index (χ0) is 23.7. The van der Waals surface area contributed by atoms with Gasteiger partial charge in [-0.3, -0.25) is 24.6 Å². The molecule has 0 aromatic heterocycles. The fourth-order valence-corrected chi connectivity index (χ4v) is 4.73. The molecule has 1 fully saturated rings. The van der Waals surface area contributed by atoms with Gasteiger partial charge in [-0.2, -0.15) is 0 Å². The van der Waals surface area contributed by atoms with Gasteiger partial charge in [-0.1, -0.05) is 71.8 Å². The standard InChI is InChI=1S/C27H26N2O4/c1-17-7-11-19(12-8-17)26(30)23-16-28(3)25(21-5-4-6-22(15-21)29(32)33)24(23)27(31)20-13-9-18(2)10-14-20/h4-15,23-25H,16H2,1-3H3/t23-,24+,25-/m0/s1. The summed E-state index contributed by atoms with van der Waals surface area (Å²) in [5.74, 6) is -1.43. The van der Waals surface area contributed by atoms with Crippen LogP contribution in [0.5, 0.6) is 0 Å². The number of Topliss-reactive ketones (excluding diaryl/α,β-unsaturated/α-hetero) is 2. The molecule has 0 N–H and O–H groups in total. The van der Waals surface area contributed by atoms with Crippen LogP contribution in [0.3, 0.4) is 0 Å². The number of likely N-dealkylation sites (tertiary alicyclic amines) is 1. The molecule has 6 nitrogen and oxygen atoms in total. The molecule has 1 aliphatic heterocycles. The van der Waals surface area contributed by atoms with Crippen LogP contribution in [-0.2, 0) is 0 Å². The first-order chi connectivity index (χ1) is 15.8. The molecule has 6 heteroatoms. The number of carbonyl (C=O) groups is 2. The molecule has 0 aliphatic carbocycles. The maximum absolute atomic E-state index is 13.8. The number of rotatable bonds is 6. The van der Waals surface area contributed by atoms with E-state index >= 15 is 0 Å². The van der Waals surface area contributed by atoms with Gasteiger partial charge >= 0.3 is 0 Å². The van der Waals surface area contributed by atoms with Crippen molar-refractivity contribution < 1.29 is 14.5 Å². The van der Waals surface area contributed by atoms with Crippen LogP contribution in [0, 0.1) is 35.8 Å². The fourth-order valence-electron chi connectivity index (χ4n) is 4.73. The van der Waals surface area contributed by atoms with Gasteiger partial charge in [-0.05, 0) is 26.5 Å². The molecule has 4 rings (SSSR count). The monoisotopic (exact) mass is 442 g/mol. The van der Waals surface area contributed by atoms with Crippen LogP contribution in [0.2, 0.25) is 0 Å². The first kappa shape index (κ1) is 22.6. The number of hydrogen-bond acceptors (Lipinski definition) is 5. The van der Waals surface area contributed by atoms with Gasteiger partial charge in [-0.15, -0.1) is 0 Å². The number of hydrogen-bond donors (Lipinski definition) is 0. The van der Waals surface area contributed by atoms with Crippen LogP contribution in [0.15, 0.2) is 72.8 Å². The van der Waals surface area contributed by atoms with Crippen LogP contribution < -0.4 is 0 Å². The Labute approximate surface area is 193 Å². The number of nitro benzene ring substituents is 1. The number of carbonyl (C=O) groups excluding carboxylic acids is 2. The first-order valence-electron chi connectivity index (χ1n) is 10.9. The smallest absolute Gasteiger partial charge is 0.269 e. The topological polar surface area (TPSA) is 80.5 Å². The lowest BCUT2D eigenvalue weighted by Gasteiger charge is -2.26. The van der Waals surface area contributed by atoms with Crippen molar-refractivity contribution in [1.29, 1.82) is 0 Å². The molecule has 0 unspecified atom stereocenters. The second kappa shape index (κ2) is 9.08. The Balaban J connectivity index is 1.79. The molecular formula is C27H26N2O4. The van der Waals surface area contributed by atoms with Gasteiger partial charge in [0.2, 0.25) is 0 Å². The van der Waals surface area contributed by atoms with Crippen molar-refractivity contribution in [3.63, 3.8) is 0 Å². The Morgan fingerprint density at radius 2 is 1.42 bits per heavy atom. The molecule has 0 saturated carbocycles. The van der Waals surface area contributed by atoms with E-state index in [9.17, 15) is 19.7 Å². The zero-order valence-electron chi connectivity index (χ0n) is 18.9. The van der Waals surface area contributed by atoms with E-state index in [4.69, 9.17) is 0 Å². The summed E-state index contributed by atoms with van der Waals surface area (Å²) in [6.45, 7) is 4.30. The number of ketones is 2. The van der Waals surface area contributed by atoms with Crippen molar-refractivity contribution in [3.8, 4) is 0 Å². The quantitative estimate of drug-likeness (QED) is 0.298. The lowest BCUT2D eigenvalue weighted by Crippen LogP contribution is -2.30. The second-order valence-corrected chi connectivity index (χ2v) is 8.83. The molecule has 168 valence electrons. The molecule has 0 radical (unpaired) electrons. The minimum absolute atomic E-state index is 0.0317. The molecule has 3 atom stereocenters. The van der Waals surface area contributed by atoms with E-state index in [0.29, 0.717) is 23.2 Å². The molecule has 1 aliphatic rings. The van der Waals surface area contributed by atoms with E-state index in [1.54, 1.807) is 36.4 Å². The third-order valence-corrected chi connectivity index (χ3v) is 6.47. The van der Waals surface area contributed by atoms with Gasteiger partial charge in [0, 0.05) is 41.8 Å². The summed E-state index contributed by atoms with van der Waals surface area (Å²) >= 11 is 0. The van der Waals surface area contributed by atoms with Gasteiger partial charge < -0.3 is 0 Å². The Morgan fingerprint density at radius 3 is 1.97 bits per heavy atom. The molecule has 33 heavy (non-hydrogen) atoms. The third kappa shape index (κ3) is 4.47. The van der Waals surface area contributed by atoms with Gasteiger partial charge in [0.05, 0.1) is 10.8 Å². The third-order valence-electron chi connectivity index (χ3n) is 6.47. The average Bonchev–Trinajstić information content (AvgIpc) is 3.16. The van der Waals surface area contributed by atoms with Crippen molar-refractivity contribution >= 4 is 17.3 Å². The van der Waals surface area contributed by atoms with E-state index in [2.05, 4.69) is 0 Å². The average molecular weight is 443 g/mol. The Hall–Kier alpha value is -3.64. The van der Waals surface area contributed by atoms with Crippen LogP contribution in [-0.4, -0.2) is 35.0 Å². The SMILES string of the molecule is Cc1ccc(C(=O)[C@@H]2[C@@H](C(=O)c3ccc(C)cc3)CN(C)[C@H]2c2cccc([N+](=O)[O-])c2)cc1. The maximum Gasteiger partial charge on any atom is 0.269 e. The Bertz CT molecular complexity index is 1200. The van der Waals surface area contributed by atoms with Crippen molar-refractivity contribution in [1.82, 2.24) is 4.90 Å². The number of benzene rings is 3. The summed E-state index contributed by atoms with van der Waals surface area (Å²) in [5, 5.41) is 11.4. The normalized spacial score (nSPS) is 20.5. The Morgan fingerprint density at radius 1 is 0.879 bits per heavy atom. The summed E-state index contributed by atoms with van der Waals surface area (Å²) < 4.78 is 0. The van der Waals surface area contributed by atoms with E-state index in [-0.39, 0.29) is 17.3 Å². The summed E-state index contributed by atoms with van der Waals surface area (Å²) in [4.78, 5) is 40.3. The minimum atomic E-state index is -0.659. The van der Waals surface area contributed by atoms with Crippen molar-refractivity contribution in [2.75, 3.05) is 13.6 Å². The highest BCUT2D eigenvalue weighted by Gasteiger charge is 2.48. The zero-order valence-corrected chi connectivity index (χ0v) is 18.9. The van der Waals surface area contributed by atoms with Crippen molar-refractivity contribution in [2.24, 2.45) is 11.8 Å². The second-order valence-electron chi connectivity index (χ2n) is 8.83. The van der Waals surface area contributed by atoms with Gasteiger partial charge in [-0.25, -0.2) is 0 Å². The first-order valence-corrected chi connectivity index (χ1v) is 10.9. The summed E-state index contributed by atoms with van der Waals surface area (Å²) in [6.07, 6.45) is 0. The lowest BCUT2D eigenvalue weighted by atomic mass is 9.78. The van der Waals surface area contributed by atoms with Gasteiger partial charge in [0.25, 0.3) is 5.69 Å². The van der Waals surface area contributed by atoms with E-state index in [0.717, 1.165) is 11.1 Å². The predicted octanol–water partition coefficient (Wildman–Crippen LogP) is 5.20. The minimum Gasteiger partial charge on any atom is -0.298 e. The highest BCUT2D eigenvalue weighted by atomic mass is 16.6. The maximum atomic E-state index is 13.8. The van der Waals surface area contributed by atoms with Crippen LogP contribution in [0.4, 0.5) is 5.69 Å². The lowest BCUT2D eigenvalue weighted by molar-refractivity contribution is -0.385. The largest absolute Gasteiger partial charge is 0.298 e. The van der Waals surface area contributed by atoms with Crippen molar-refractivity contribution in [3.05, 3.63) is 111 Å². The molecule has 0 amide bonds. The summed E-state index contributed by atoms with van der Waals surface area (Å²) in [7, 11) is 1.86. The van der Waals surface area contributed by atoms with E-state index in [1.807, 2.05) is 50.1 Å². The molecule has 1 saturated heterocycles. The molecule has 3 aromatic carbocycles. The van der Waals surface area contributed by atoms with E-state index < -0.39 is 22.8 Å². The summed E-state index contributed by atoms with van der Waals surface area (Å²) in [5.41, 5.74) is 3.83.